The summed E-state index contributed by atoms with van der Waals surface area (Å²) in [6.45, 7) is 0. The summed E-state index contributed by atoms with van der Waals surface area (Å²) in [7, 11) is 1.80. The summed E-state index contributed by atoms with van der Waals surface area (Å²) in [5.41, 5.74) is 2.44. The fourth-order valence-corrected chi connectivity index (χ4v) is 4.67. The van der Waals surface area contributed by atoms with Gasteiger partial charge in [-0.1, -0.05) is 36.6 Å². The maximum absolute atomic E-state index is 13.1. The molecule has 2 saturated carbocycles. The van der Waals surface area contributed by atoms with Crippen molar-refractivity contribution in [2.75, 3.05) is 5.32 Å². The van der Waals surface area contributed by atoms with Gasteiger partial charge >= 0.3 is 0 Å². The van der Waals surface area contributed by atoms with Crippen molar-refractivity contribution in [2.45, 2.75) is 56.9 Å². The number of carbonyl (C=O) groups excluding carboxylic acids is 2. The molecule has 2 aliphatic carbocycles. The first-order chi connectivity index (χ1) is 16.1. The molecule has 0 spiro atoms. The summed E-state index contributed by atoms with van der Waals surface area (Å²) in [5.74, 6) is 1.08. The summed E-state index contributed by atoms with van der Waals surface area (Å²) in [6.07, 6.45) is 11.2. The average Bonchev–Trinajstić information content (AvgIpc) is 3.42. The molecule has 0 saturated heterocycles. The molecule has 2 aromatic heterocycles. The lowest BCUT2D eigenvalue weighted by molar-refractivity contribution is 0.0903. The lowest BCUT2D eigenvalue weighted by atomic mass is 9.80. The van der Waals surface area contributed by atoms with Crippen LogP contribution in [-0.4, -0.2) is 26.8 Å². The SMILES string of the molecule is Cn1cc(NC(=O)c2cccc(C(NC(=O)c3cc(C4CC4)on3)C3CCCCC3)c2)cn1. The van der Waals surface area contributed by atoms with Gasteiger partial charge in [-0.15, -0.1) is 0 Å². The van der Waals surface area contributed by atoms with Crippen LogP contribution in [0.1, 0.15) is 89.1 Å². The van der Waals surface area contributed by atoms with Gasteiger partial charge in [0.25, 0.3) is 11.8 Å². The minimum absolute atomic E-state index is 0.190. The monoisotopic (exact) mass is 447 g/mol. The zero-order chi connectivity index (χ0) is 22.8. The number of hydrogen-bond donors (Lipinski definition) is 2. The molecule has 8 nitrogen and oxygen atoms in total. The van der Waals surface area contributed by atoms with Crippen molar-refractivity contribution in [3.05, 3.63) is 65.3 Å². The summed E-state index contributed by atoms with van der Waals surface area (Å²) >= 11 is 0. The molecule has 2 amide bonds. The third-order valence-corrected chi connectivity index (χ3v) is 6.62. The molecule has 2 N–H and O–H groups in total. The zero-order valence-electron chi connectivity index (χ0n) is 18.8. The van der Waals surface area contributed by atoms with Crippen molar-refractivity contribution >= 4 is 17.5 Å². The van der Waals surface area contributed by atoms with E-state index in [1.165, 1.54) is 6.42 Å². The first-order valence-corrected chi connectivity index (χ1v) is 11.7. The van der Waals surface area contributed by atoms with Crippen molar-refractivity contribution < 1.29 is 14.1 Å². The van der Waals surface area contributed by atoms with E-state index in [9.17, 15) is 9.59 Å². The highest BCUT2D eigenvalue weighted by molar-refractivity contribution is 6.04. The van der Waals surface area contributed by atoms with E-state index < -0.39 is 0 Å². The Morgan fingerprint density at radius 2 is 1.91 bits per heavy atom. The van der Waals surface area contributed by atoms with Crippen molar-refractivity contribution in [1.29, 1.82) is 0 Å². The van der Waals surface area contributed by atoms with Crippen molar-refractivity contribution in [3.63, 3.8) is 0 Å². The third-order valence-electron chi connectivity index (χ3n) is 6.62. The molecule has 172 valence electrons. The molecule has 0 radical (unpaired) electrons. The number of anilines is 1. The molecule has 33 heavy (non-hydrogen) atoms. The van der Waals surface area contributed by atoms with E-state index >= 15 is 0 Å². The quantitative estimate of drug-likeness (QED) is 0.552. The van der Waals surface area contributed by atoms with Crippen LogP contribution >= 0.6 is 0 Å². The van der Waals surface area contributed by atoms with Crippen LogP contribution in [0.4, 0.5) is 5.69 Å². The fraction of sp³-hybridized carbons (Fsp3) is 0.440. The number of nitrogens with zero attached hydrogens (tertiary/aromatic N) is 3. The second kappa shape index (κ2) is 9.21. The highest BCUT2D eigenvalue weighted by atomic mass is 16.5. The zero-order valence-corrected chi connectivity index (χ0v) is 18.8. The normalized spacial score (nSPS) is 17.5. The van der Waals surface area contributed by atoms with Crippen LogP contribution in [0.3, 0.4) is 0 Å². The number of hydrogen-bond acceptors (Lipinski definition) is 5. The van der Waals surface area contributed by atoms with Gasteiger partial charge in [0.2, 0.25) is 0 Å². The number of amides is 2. The first kappa shape index (κ1) is 21.4. The molecule has 1 aromatic carbocycles. The van der Waals surface area contributed by atoms with Gasteiger partial charge < -0.3 is 15.2 Å². The summed E-state index contributed by atoms with van der Waals surface area (Å²) < 4.78 is 7.02. The number of aryl methyl sites for hydroxylation is 1. The molecule has 2 fully saturated rings. The highest BCUT2D eigenvalue weighted by Crippen LogP contribution is 2.40. The predicted octanol–water partition coefficient (Wildman–Crippen LogP) is 4.59. The van der Waals surface area contributed by atoms with E-state index in [0.717, 1.165) is 49.8 Å². The number of nitrogens with one attached hydrogen (secondary N) is 2. The molecule has 5 rings (SSSR count). The Labute approximate surface area is 192 Å². The minimum atomic E-state index is -0.230. The van der Waals surface area contributed by atoms with E-state index in [-0.39, 0.29) is 17.9 Å². The molecule has 1 unspecified atom stereocenters. The van der Waals surface area contributed by atoms with Gasteiger partial charge in [0, 0.05) is 30.8 Å². The fourth-order valence-electron chi connectivity index (χ4n) is 4.67. The lowest BCUT2D eigenvalue weighted by Crippen LogP contribution is -2.34. The van der Waals surface area contributed by atoms with Crippen LogP contribution in [0.25, 0.3) is 0 Å². The van der Waals surface area contributed by atoms with E-state index in [1.807, 2.05) is 18.2 Å². The first-order valence-electron chi connectivity index (χ1n) is 11.7. The lowest BCUT2D eigenvalue weighted by Gasteiger charge is -2.31. The number of benzene rings is 1. The third kappa shape index (κ3) is 4.99. The van der Waals surface area contributed by atoms with Gasteiger partial charge in [-0.3, -0.25) is 14.3 Å². The van der Waals surface area contributed by atoms with Gasteiger partial charge in [0.15, 0.2) is 5.69 Å². The van der Waals surface area contributed by atoms with Crippen LogP contribution < -0.4 is 10.6 Å². The van der Waals surface area contributed by atoms with Crippen molar-refractivity contribution in [1.82, 2.24) is 20.3 Å². The van der Waals surface area contributed by atoms with Gasteiger partial charge in [0.1, 0.15) is 5.76 Å². The van der Waals surface area contributed by atoms with Gasteiger partial charge in [-0.2, -0.15) is 5.10 Å². The Hall–Kier alpha value is -3.42. The molecular weight excluding hydrogens is 418 g/mol. The molecule has 0 aliphatic heterocycles. The second-order valence-electron chi connectivity index (χ2n) is 9.22. The van der Waals surface area contributed by atoms with Gasteiger partial charge in [-0.05, 0) is 49.3 Å². The van der Waals surface area contributed by atoms with E-state index in [4.69, 9.17) is 4.52 Å². The van der Waals surface area contributed by atoms with Crippen LogP contribution in [-0.2, 0) is 7.05 Å². The standard InChI is InChI=1S/C25H29N5O3/c1-30-15-20(14-26-30)27-24(31)19-9-5-8-18(12-19)23(17-6-3-2-4-7-17)28-25(32)21-13-22(33-29-21)16-10-11-16/h5,8-9,12-17,23H,2-4,6-7,10-11H2,1H3,(H,27,31)(H,28,32). The van der Waals surface area contributed by atoms with Crippen LogP contribution in [0.2, 0.25) is 0 Å². The van der Waals surface area contributed by atoms with E-state index in [2.05, 4.69) is 20.9 Å². The molecule has 2 heterocycles. The number of aromatic nitrogens is 3. The summed E-state index contributed by atoms with van der Waals surface area (Å²) in [5, 5.41) is 14.2. The Bertz CT molecular complexity index is 1140. The average molecular weight is 448 g/mol. The second-order valence-corrected chi connectivity index (χ2v) is 9.22. The molecule has 2 aliphatic rings. The van der Waals surface area contributed by atoms with E-state index in [0.29, 0.717) is 28.8 Å². The Kier molecular flexibility index (Phi) is 5.98. The molecule has 1 atom stereocenters. The van der Waals surface area contributed by atoms with Crippen molar-refractivity contribution in [2.24, 2.45) is 13.0 Å². The molecule has 0 bridgehead atoms. The van der Waals surface area contributed by atoms with Gasteiger partial charge in [-0.25, -0.2) is 0 Å². The Morgan fingerprint density at radius 3 is 2.64 bits per heavy atom. The van der Waals surface area contributed by atoms with Crippen LogP contribution in [0, 0.1) is 5.92 Å². The Morgan fingerprint density at radius 1 is 1.09 bits per heavy atom. The minimum Gasteiger partial charge on any atom is -0.360 e. The molecule has 3 aromatic rings. The summed E-state index contributed by atoms with van der Waals surface area (Å²) in [4.78, 5) is 25.9. The summed E-state index contributed by atoms with van der Waals surface area (Å²) in [6, 6.07) is 9.10. The molecular formula is C25H29N5O3. The highest BCUT2D eigenvalue weighted by Gasteiger charge is 2.31. The smallest absolute Gasteiger partial charge is 0.273 e. The predicted molar refractivity (Wildman–Crippen MR) is 123 cm³/mol. The van der Waals surface area contributed by atoms with Crippen LogP contribution in [0.15, 0.2) is 47.2 Å². The maximum atomic E-state index is 13.1. The van der Waals surface area contributed by atoms with Gasteiger partial charge in [0.05, 0.1) is 17.9 Å². The molecule has 8 heteroatoms. The largest absolute Gasteiger partial charge is 0.360 e. The van der Waals surface area contributed by atoms with E-state index in [1.54, 1.807) is 36.3 Å². The number of rotatable bonds is 7. The topological polar surface area (TPSA) is 102 Å². The number of carbonyl (C=O) groups is 2. The van der Waals surface area contributed by atoms with Crippen LogP contribution in [0.5, 0.6) is 0 Å². The maximum Gasteiger partial charge on any atom is 0.273 e. The van der Waals surface area contributed by atoms with Crippen molar-refractivity contribution in [3.8, 4) is 0 Å². The Balaban J connectivity index is 1.36.